The number of aromatic nitrogens is 1. The molecule has 5 N–H and O–H groups in total. The van der Waals surface area contributed by atoms with E-state index in [1.54, 1.807) is 6.07 Å². The van der Waals surface area contributed by atoms with E-state index in [2.05, 4.69) is 24.1 Å². The first-order valence-electron chi connectivity index (χ1n) is 6.79. The van der Waals surface area contributed by atoms with Crippen LogP contribution in [0.25, 0.3) is 0 Å². The Balaban J connectivity index is 2.09. The molecule has 110 valence electrons. The molecule has 20 heavy (non-hydrogen) atoms. The number of rotatable bonds is 5. The van der Waals surface area contributed by atoms with Gasteiger partial charge in [0.25, 0.3) is 5.91 Å². The van der Waals surface area contributed by atoms with Crippen LogP contribution in [-0.4, -0.2) is 29.6 Å². The van der Waals surface area contributed by atoms with Gasteiger partial charge in [0.15, 0.2) is 0 Å². The highest BCUT2D eigenvalue weighted by Gasteiger charge is 2.49. The van der Waals surface area contributed by atoms with Crippen LogP contribution in [0.4, 0.5) is 11.5 Å². The van der Waals surface area contributed by atoms with E-state index in [1.807, 2.05) is 6.92 Å². The minimum absolute atomic E-state index is 0.0198. The third-order valence-electron chi connectivity index (χ3n) is 4.07. The third-order valence-corrected chi connectivity index (χ3v) is 4.07. The van der Waals surface area contributed by atoms with E-state index in [4.69, 9.17) is 16.2 Å². The van der Waals surface area contributed by atoms with Crippen molar-refractivity contribution in [2.24, 2.45) is 11.1 Å². The summed E-state index contributed by atoms with van der Waals surface area (Å²) in [5.41, 5.74) is 11.6. The van der Waals surface area contributed by atoms with Crippen LogP contribution in [0.1, 0.15) is 37.6 Å². The summed E-state index contributed by atoms with van der Waals surface area (Å²) < 4.78 is 5.69. The van der Waals surface area contributed by atoms with Crippen molar-refractivity contribution in [1.82, 2.24) is 4.98 Å². The number of carbonyl (C=O) groups is 1. The van der Waals surface area contributed by atoms with Gasteiger partial charge in [0.2, 0.25) is 0 Å². The highest BCUT2D eigenvalue weighted by Crippen LogP contribution is 2.44. The number of nitrogens with one attached hydrogen (secondary N) is 1. The van der Waals surface area contributed by atoms with E-state index < -0.39 is 5.91 Å². The van der Waals surface area contributed by atoms with Gasteiger partial charge in [0, 0.05) is 18.1 Å². The standard InChI is InChI=1S/C14H22N4O2/c1-4-20-11-6-10(14(11,2)3)18-12-5-8(13(16)19)9(15)7-17-12/h5,7,10-11H,4,6,15H2,1-3H3,(H2,16,19)(H,17,18). The number of anilines is 2. The third kappa shape index (κ3) is 2.56. The molecular weight excluding hydrogens is 256 g/mol. The molecule has 1 fully saturated rings. The van der Waals surface area contributed by atoms with Gasteiger partial charge < -0.3 is 21.5 Å². The molecular formula is C14H22N4O2. The largest absolute Gasteiger partial charge is 0.397 e. The van der Waals surface area contributed by atoms with Gasteiger partial charge in [0.05, 0.1) is 23.6 Å². The first-order valence-corrected chi connectivity index (χ1v) is 6.79. The van der Waals surface area contributed by atoms with Gasteiger partial charge >= 0.3 is 0 Å². The average Bonchev–Trinajstić information content (AvgIpc) is 2.39. The van der Waals surface area contributed by atoms with Crippen LogP contribution in [0.5, 0.6) is 0 Å². The van der Waals surface area contributed by atoms with Gasteiger partial charge in [-0.3, -0.25) is 4.79 Å². The highest BCUT2D eigenvalue weighted by molar-refractivity contribution is 5.98. The SMILES string of the molecule is CCOC1CC(Nc2cc(C(N)=O)c(N)cn2)C1(C)C. The van der Waals surface area contributed by atoms with Crippen molar-refractivity contribution in [3.63, 3.8) is 0 Å². The van der Waals surface area contributed by atoms with Crippen molar-refractivity contribution in [3.8, 4) is 0 Å². The lowest BCUT2D eigenvalue weighted by Gasteiger charge is -2.51. The lowest BCUT2D eigenvalue weighted by atomic mass is 9.64. The van der Waals surface area contributed by atoms with Gasteiger partial charge in [-0.1, -0.05) is 13.8 Å². The molecule has 6 nitrogen and oxygen atoms in total. The molecule has 0 radical (unpaired) electrons. The molecule has 1 amide bonds. The van der Waals surface area contributed by atoms with Gasteiger partial charge in [-0.2, -0.15) is 0 Å². The first kappa shape index (κ1) is 14.6. The number of nitrogens with two attached hydrogens (primary N) is 2. The number of carbonyl (C=O) groups excluding carboxylic acids is 1. The lowest BCUT2D eigenvalue weighted by Crippen LogP contribution is -2.58. The van der Waals surface area contributed by atoms with Crippen LogP contribution < -0.4 is 16.8 Å². The van der Waals surface area contributed by atoms with Crippen molar-refractivity contribution in [3.05, 3.63) is 17.8 Å². The molecule has 0 spiro atoms. The summed E-state index contributed by atoms with van der Waals surface area (Å²) in [5.74, 6) is 0.0639. The van der Waals surface area contributed by atoms with Crippen molar-refractivity contribution >= 4 is 17.4 Å². The minimum Gasteiger partial charge on any atom is -0.397 e. The number of pyridine rings is 1. The summed E-state index contributed by atoms with van der Waals surface area (Å²) in [6.07, 6.45) is 2.61. The molecule has 2 atom stereocenters. The highest BCUT2D eigenvalue weighted by atomic mass is 16.5. The molecule has 1 aliphatic carbocycles. The quantitative estimate of drug-likeness (QED) is 0.755. The van der Waals surface area contributed by atoms with Crippen LogP contribution in [0.3, 0.4) is 0 Å². The second kappa shape index (κ2) is 5.28. The molecule has 0 saturated heterocycles. The summed E-state index contributed by atoms with van der Waals surface area (Å²) >= 11 is 0. The molecule has 6 heteroatoms. The summed E-state index contributed by atoms with van der Waals surface area (Å²) in [5, 5.41) is 3.33. The summed E-state index contributed by atoms with van der Waals surface area (Å²) in [7, 11) is 0. The number of hydrogen-bond acceptors (Lipinski definition) is 5. The Kier molecular flexibility index (Phi) is 3.85. The number of amides is 1. The lowest BCUT2D eigenvalue weighted by molar-refractivity contribution is -0.0976. The monoisotopic (exact) mass is 278 g/mol. The normalized spacial score (nSPS) is 23.9. The van der Waals surface area contributed by atoms with Gasteiger partial charge in [-0.05, 0) is 19.4 Å². The minimum atomic E-state index is -0.548. The Morgan fingerprint density at radius 1 is 1.60 bits per heavy atom. The smallest absolute Gasteiger partial charge is 0.250 e. The van der Waals surface area contributed by atoms with Crippen molar-refractivity contribution < 1.29 is 9.53 Å². The van der Waals surface area contributed by atoms with E-state index in [9.17, 15) is 4.79 Å². The van der Waals surface area contributed by atoms with Crippen LogP contribution >= 0.6 is 0 Å². The maximum absolute atomic E-state index is 11.3. The number of ether oxygens (including phenoxy) is 1. The fraction of sp³-hybridized carbons (Fsp3) is 0.571. The van der Waals surface area contributed by atoms with Crippen molar-refractivity contribution in [2.75, 3.05) is 17.7 Å². The van der Waals surface area contributed by atoms with Crippen LogP contribution in [0, 0.1) is 5.41 Å². The maximum Gasteiger partial charge on any atom is 0.250 e. The molecule has 0 bridgehead atoms. The number of nitrogens with zero attached hydrogens (tertiary/aromatic N) is 1. The second-order valence-electron chi connectivity index (χ2n) is 5.72. The van der Waals surface area contributed by atoms with Gasteiger partial charge in [-0.25, -0.2) is 4.98 Å². The summed E-state index contributed by atoms with van der Waals surface area (Å²) in [6.45, 7) is 7.02. The zero-order chi connectivity index (χ0) is 14.9. The molecule has 1 saturated carbocycles. The maximum atomic E-state index is 11.3. The fourth-order valence-corrected chi connectivity index (χ4v) is 2.55. The van der Waals surface area contributed by atoms with Crippen molar-refractivity contribution in [1.29, 1.82) is 0 Å². The van der Waals surface area contributed by atoms with Crippen LogP contribution in [-0.2, 0) is 4.74 Å². The number of hydrogen-bond donors (Lipinski definition) is 3. The zero-order valence-electron chi connectivity index (χ0n) is 12.1. The molecule has 1 aromatic rings. The second-order valence-corrected chi connectivity index (χ2v) is 5.72. The number of primary amides is 1. The molecule has 0 aromatic carbocycles. The fourth-order valence-electron chi connectivity index (χ4n) is 2.55. The van der Waals surface area contributed by atoms with E-state index in [0.29, 0.717) is 23.7 Å². The predicted molar refractivity (Wildman–Crippen MR) is 78.4 cm³/mol. The summed E-state index contributed by atoms with van der Waals surface area (Å²) in [6, 6.07) is 1.85. The Bertz CT molecular complexity index is 516. The topological polar surface area (TPSA) is 103 Å². The van der Waals surface area contributed by atoms with Crippen molar-refractivity contribution in [2.45, 2.75) is 39.3 Å². The Labute approximate surface area is 118 Å². The molecule has 1 aliphatic rings. The number of nitrogen functional groups attached to an aromatic ring is 1. The molecule has 1 heterocycles. The van der Waals surface area contributed by atoms with Gasteiger partial charge in [-0.15, -0.1) is 0 Å². The van der Waals surface area contributed by atoms with E-state index in [-0.39, 0.29) is 17.6 Å². The molecule has 1 aromatic heterocycles. The molecule has 2 unspecified atom stereocenters. The van der Waals surface area contributed by atoms with E-state index in [1.165, 1.54) is 6.20 Å². The summed E-state index contributed by atoms with van der Waals surface area (Å²) in [4.78, 5) is 15.5. The van der Waals surface area contributed by atoms with E-state index in [0.717, 1.165) is 6.42 Å². The van der Waals surface area contributed by atoms with E-state index >= 15 is 0 Å². The Morgan fingerprint density at radius 2 is 2.30 bits per heavy atom. The molecule has 0 aliphatic heterocycles. The average molecular weight is 278 g/mol. The van der Waals surface area contributed by atoms with Crippen LogP contribution in [0.2, 0.25) is 0 Å². The Hall–Kier alpha value is -1.82. The van der Waals surface area contributed by atoms with Gasteiger partial charge in [0.1, 0.15) is 5.82 Å². The molecule has 2 rings (SSSR count). The zero-order valence-corrected chi connectivity index (χ0v) is 12.1. The predicted octanol–water partition coefficient (Wildman–Crippen LogP) is 1.38. The first-order chi connectivity index (χ1) is 9.36. The Morgan fingerprint density at radius 3 is 2.85 bits per heavy atom. The van der Waals surface area contributed by atoms with Crippen LogP contribution in [0.15, 0.2) is 12.3 Å².